The molecular weight excluding hydrogens is 228 g/mol. The molecule has 1 aliphatic rings. The highest BCUT2D eigenvalue weighted by Gasteiger charge is 2.15. The molecule has 0 amide bonds. The average Bonchev–Trinajstić information content (AvgIpc) is 2.44. The number of nitrogens with zero attached hydrogens (tertiary/aromatic N) is 3. The van der Waals surface area contributed by atoms with Crippen LogP contribution < -0.4 is 10.5 Å². The molecule has 0 aliphatic heterocycles. The van der Waals surface area contributed by atoms with E-state index >= 15 is 0 Å². The van der Waals surface area contributed by atoms with E-state index in [1.54, 1.807) is 0 Å². The lowest BCUT2D eigenvalue weighted by Gasteiger charge is -2.14. The summed E-state index contributed by atoms with van der Waals surface area (Å²) in [5, 5.41) is 0.0797. The lowest BCUT2D eigenvalue weighted by Crippen LogP contribution is -2.17. The van der Waals surface area contributed by atoms with Crippen LogP contribution in [0.15, 0.2) is 0 Å². The summed E-state index contributed by atoms with van der Waals surface area (Å²) in [6, 6.07) is 0.240. The molecule has 1 saturated carbocycles. The van der Waals surface area contributed by atoms with Gasteiger partial charge in [-0.25, -0.2) is 0 Å². The Morgan fingerprint density at radius 1 is 1.06 bits per heavy atom. The molecular formula is C10H15ClN4O. The molecule has 1 aromatic rings. The van der Waals surface area contributed by atoms with Crippen LogP contribution in [-0.2, 0) is 0 Å². The number of halogens is 1. The van der Waals surface area contributed by atoms with Gasteiger partial charge in [0.15, 0.2) is 0 Å². The summed E-state index contributed by atoms with van der Waals surface area (Å²) >= 11 is 5.68. The topological polar surface area (TPSA) is 73.9 Å². The molecule has 1 aromatic heterocycles. The van der Waals surface area contributed by atoms with Gasteiger partial charge < -0.3 is 10.5 Å². The third-order valence-electron chi connectivity index (χ3n) is 2.68. The molecule has 1 fully saturated rings. The zero-order valence-electron chi connectivity index (χ0n) is 9.03. The van der Waals surface area contributed by atoms with Crippen molar-refractivity contribution in [1.82, 2.24) is 15.0 Å². The standard InChI is InChI=1S/C10H15ClN4O/c11-8-13-9(12)15-10(14-8)16-7-5-3-1-2-4-6-7/h7H,1-6H2,(H2,12,13,14,15). The Kier molecular flexibility index (Phi) is 3.77. The van der Waals surface area contributed by atoms with E-state index in [4.69, 9.17) is 22.1 Å². The minimum atomic E-state index is 0.0797. The van der Waals surface area contributed by atoms with Gasteiger partial charge in [0.1, 0.15) is 6.10 Å². The van der Waals surface area contributed by atoms with Gasteiger partial charge in [-0.3, -0.25) is 0 Å². The monoisotopic (exact) mass is 242 g/mol. The number of aromatic nitrogens is 3. The van der Waals surface area contributed by atoms with E-state index in [9.17, 15) is 0 Å². The molecule has 0 radical (unpaired) electrons. The van der Waals surface area contributed by atoms with Crippen LogP contribution in [0.2, 0.25) is 5.28 Å². The summed E-state index contributed by atoms with van der Waals surface area (Å²) < 4.78 is 5.67. The van der Waals surface area contributed by atoms with Crippen molar-refractivity contribution < 1.29 is 4.74 Å². The average molecular weight is 243 g/mol. The lowest BCUT2D eigenvalue weighted by molar-refractivity contribution is 0.168. The predicted molar refractivity (Wildman–Crippen MR) is 61.4 cm³/mol. The second-order valence-corrected chi connectivity index (χ2v) is 4.31. The minimum Gasteiger partial charge on any atom is -0.460 e. The fourth-order valence-electron chi connectivity index (χ4n) is 1.91. The van der Waals surface area contributed by atoms with E-state index in [0.717, 1.165) is 12.8 Å². The highest BCUT2D eigenvalue weighted by molar-refractivity contribution is 6.28. The lowest BCUT2D eigenvalue weighted by atomic mass is 10.2. The first-order valence-electron chi connectivity index (χ1n) is 5.58. The van der Waals surface area contributed by atoms with Crippen molar-refractivity contribution in [2.24, 2.45) is 0 Å². The van der Waals surface area contributed by atoms with E-state index in [0.29, 0.717) is 0 Å². The second-order valence-electron chi connectivity index (χ2n) is 3.98. The smallest absolute Gasteiger partial charge is 0.322 e. The van der Waals surface area contributed by atoms with E-state index in [1.165, 1.54) is 25.7 Å². The molecule has 6 heteroatoms. The van der Waals surface area contributed by atoms with Gasteiger partial charge in [0.05, 0.1) is 0 Å². The third-order valence-corrected chi connectivity index (χ3v) is 2.85. The zero-order chi connectivity index (χ0) is 11.4. The molecule has 0 bridgehead atoms. The molecule has 0 atom stereocenters. The summed E-state index contributed by atoms with van der Waals surface area (Å²) in [4.78, 5) is 11.5. The molecule has 5 nitrogen and oxygen atoms in total. The van der Waals surface area contributed by atoms with Gasteiger partial charge in [-0.05, 0) is 37.3 Å². The molecule has 0 unspecified atom stereocenters. The first kappa shape index (κ1) is 11.4. The molecule has 0 saturated heterocycles. The van der Waals surface area contributed by atoms with Crippen molar-refractivity contribution >= 4 is 17.5 Å². The van der Waals surface area contributed by atoms with Crippen LogP contribution in [0.5, 0.6) is 6.01 Å². The number of ether oxygens (including phenoxy) is 1. The molecule has 0 spiro atoms. The van der Waals surface area contributed by atoms with Crippen molar-refractivity contribution in [2.45, 2.75) is 44.6 Å². The van der Waals surface area contributed by atoms with Gasteiger partial charge in [-0.2, -0.15) is 15.0 Å². The van der Waals surface area contributed by atoms with E-state index in [2.05, 4.69) is 15.0 Å². The van der Waals surface area contributed by atoms with Crippen LogP contribution >= 0.6 is 11.6 Å². The molecule has 16 heavy (non-hydrogen) atoms. The highest BCUT2D eigenvalue weighted by Crippen LogP contribution is 2.21. The van der Waals surface area contributed by atoms with Gasteiger partial charge in [-0.1, -0.05) is 12.8 Å². The maximum atomic E-state index is 5.68. The first-order chi connectivity index (χ1) is 7.74. The Bertz CT molecular complexity index is 332. The van der Waals surface area contributed by atoms with Crippen molar-refractivity contribution in [3.63, 3.8) is 0 Å². The number of nitrogen functional groups attached to an aromatic ring is 1. The van der Waals surface area contributed by atoms with Crippen LogP contribution in [0.1, 0.15) is 38.5 Å². The predicted octanol–water partition coefficient (Wildman–Crippen LogP) is 2.21. The maximum Gasteiger partial charge on any atom is 0.322 e. The molecule has 1 aliphatic carbocycles. The minimum absolute atomic E-state index is 0.0797. The van der Waals surface area contributed by atoms with Gasteiger partial charge in [0.25, 0.3) is 0 Å². The maximum absolute atomic E-state index is 5.68. The van der Waals surface area contributed by atoms with Gasteiger partial charge in [0.2, 0.25) is 11.2 Å². The SMILES string of the molecule is Nc1nc(Cl)nc(OC2CCCCCC2)n1. The van der Waals surface area contributed by atoms with Crippen LogP contribution in [0, 0.1) is 0 Å². The number of hydrogen-bond donors (Lipinski definition) is 1. The fourth-order valence-corrected chi connectivity index (χ4v) is 2.07. The summed E-state index contributed by atoms with van der Waals surface area (Å²) in [7, 11) is 0. The van der Waals surface area contributed by atoms with Crippen molar-refractivity contribution in [1.29, 1.82) is 0 Å². The van der Waals surface area contributed by atoms with E-state index in [1.807, 2.05) is 0 Å². The van der Waals surface area contributed by atoms with E-state index < -0.39 is 0 Å². The number of hydrogen-bond acceptors (Lipinski definition) is 5. The normalized spacial score (nSPS) is 18.1. The van der Waals surface area contributed by atoms with Gasteiger partial charge in [-0.15, -0.1) is 0 Å². The Labute approximate surface area is 99.4 Å². The van der Waals surface area contributed by atoms with Crippen LogP contribution in [0.25, 0.3) is 0 Å². The largest absolute Gasteiger partial charge is 0.460 e. The first-order valence-corrected chi connectivity index (χ1v) is 5.95. The summed E-state index contributed by atoms with van der Waals surface area (Å²) in [6.07, 6.45) is 7.21. The second kappa shape index (κ2) is 5.30. The van der Waals surface area contributed by atoms with Crippen molar-refractivity contribution in [2.75, 3.05) is 5.73 Å². The molecule has 0 aromatic carbocycles. The molecule has 88 valence electrons. The summed E-state index contributed by atoms with van der Waals surface area (Å²) in [6.45, 7) is 0. The highest BCUT2D eigenvalue weighted by atomic mass is 35.5. The number of nitrogens with two attached hydrogens (primary N) is 1. The summed E-state index contributed by atoms with van der Waals surface area (Å²) in [5.74, 6) is 0.101. The van der Waals surface area contributed by atoms with Gasteiger partial charge >= 0.3 is 6.01 Å². The number of rotatable bonds is 2. The van der Waals surface area contributed by atoms with Crippen LogP contribution in [0.4, 0.5) is 5.95 Å². The Hall–Kier alpha value is -1.10. The van der Waals surface area contributed by atoms with Gasteiger partial charge in [0, 0.05) is 0 Å². The fraction of sp³-hybridized carbons (Fsp3) is 0.700. The van der Waals surface area contributed by atoms with Crippen molar-refractivity contribution in [3.8, 4) is 6.01 Å². The Balaban J connectivity index is 2.01. The quantitative estimate of drug-likeness (QED) is 0.805. The molecule has 2 rings (SSSR count). The zero-order valence-corrected chi connectivity index (χ0v) is 9.78. The Morgan fingerprint density at radius 3 is 2.38 bits per heavy atom. The Morgan fingerprint density at radius 2 is 1.75 bits per heavy atom. The van der Waals surface area contributed by atoms with Crippen LogP contribution in [0.3, 0.4) is 0 Å². The molecule has 2 N–H and O–H groups in total. The third kappa shape index (κ3) is 3.20. The summed E-state index contributed by atoms with van der Waals surface area (Å²) in [5.41, 5.74) is 5.47. The molecule has 1 heterocycles. The van der Waals surface area contributed by atoms with Crippen molar-refractivity contribution in [3.05, 3.63) is 5.28 Å². The number of anilines is 1. The van der Waals surface area contributed by atoms with Crippen LogP contribution in [-0.4, -0.2) is 21.1 Å². The van der Waals surface area contributed by atoms with E-state index in [-0.39, 0.29) is 23.3 Å².